The van der Waals surface area contributed by atoms with Crippen molar-refractivity contribution in [2.24, 2.45) is 5.92 Å². The first kappa shape index (κ1) is 16.1. The van der Waals surface area contributed by atoms with Gasteiger partial charge in [0.05, 0.1) is 12.5 Å². The minimum Gasteiger partial charge on any atom is -0.392 e. The number of carbonyl (C=O) groups excluding carboxylic acids is 1. The van der Waals surface area contributed by atoms with Crippen molar-refractivity contribution in [2.75, 3.05) is 13.1 Å². The Bertz CT molecular complexity index is 522. The zero-order chi connectivity index (χ0) is 15.4. The summed E-state index contributed by atoms with van der Waals surface area (Å²) in [5.41, 5.74) is 2.41. The van der Waals surface area contributed by atoms with E-state index in [-0.39, 0.29) is 18.2 Å². The summed E-state index contributed by atoms with van der Waals surface area (Å²) in [6, 6.07) is 7.78. The van der Waals surface area contributed by atoms with Gasteiger partial charge in [0, 0.05) is 18.1 Å². The van der Waals surface area contributed by atoms with Crippen molar-refractivity contribution in [1.82, 2.24) is 4.90 Å². The van der Waals surface area contributed by atoms with Crippen LogP contribution in [0.4, 0.5) is 0 Å². The number of hydrogen-bond donors (Lipinski definition) is 1. The van der Waals surface area contributed by atoms with Gasteiger partial charge in [-0.25, -0.2) is 0 Å². The Morgan fingerprint density at radius 1 is 1.33 bits per heavy atom. The molecule has 0 radical (unpaired) electrons. The second-order valence-corrected chi connectivity index (χ2v) is 6.28. The smallest absolute Gasteiger partial charge is 0.225 e. The maximum Gasteiger partial charge on any atom is 0.225 e. The molecule has 1 aliphatic rings. The van der Waals surface area contributed by atoms with Crippen LogP contribution in [0.1, 0.15) is 32.3 Å². The third kappa shape index (κ3) is 4.32. The average Bonchev–Trinajstić information content (AvgIpc) is 2.48. The summed E-state index contributed by atoms with van der Waals surface area (Å²) in [6.07, 6.45) is 2.58. The van der Waals surface area contributed by atoms with E-state index in [0.29, 0.717) is 13.1 Å². The molecule has 3 nitrogen and oxygen atoms in total. The number of hydrogen-bond acceptors (Lipinski definition) is 2. The number of aliphatic hydroxyl groups is 1. The lowest BCUT2D eigenvalue weighted by atomic mass is 9.98. The van der Waals surface area contributed by atoms with Crippen LogP contribution in [0.15, 0.2) is 30.3 Å². The van der Waals surface area contributed by atoms with Gasteiger partial charge in [0.25, 0.3) is 0 Å². The van der Waals surface area contributed by atoms with Crippen LogP contribution in [0.2, 0.25) is 5.02 Å². The number of aliphatic hydroxyl groups excluding tert-OH is 1. The van der Waals surface area contributed by atoms with Gasteiger partial charge in [0.2, 0.25) is 5.91 Å². The average molecular weight is 308 g/mol. The zero-order valence-corrected chi connectivity index (χ0v) is 13.3. The molecule has 4 heteroatoms. The Labute approximate surface area is 131 Å². The Hall–Kier alpha value is -1.32. The summed E-state index contributed by atoms with van der Waals surface area (Å²) in [6.45, 7) is 5.17. The number of amides is 1. The maximum absolute atomic E-state index is 12.1. The van der Waals surface area contributed by atoms with E-state index >= 15 is 0 Å². The van der Waals surface area contributed by atoms with Crippen LogP contribution in [0, 0.1) is 5.92 Å². The Morgan fingerprint density at radius 3 is 2.52 bits per heavy atom. The number of halogens is 1. The van der Waals surface area contributed by atoms with Crippen molar-refractivity contribution in [3.63, 3.8) is 0 Å². The van der Waals surface area contributed by atoms with Crippen molar-refractivity contribution >= 4 is 23.1 Å². The van der Waals surface area contributed by atoms with E-state index in [9.17, 15) is 9.90 Å². The summed E-state index contributed by atoms with van der Waals surface area (Å²) < 4.78 is 0. The molecule has 1 heterocycles. The molecule has 0 fully saturated rings. The van der Waals surface area contributed by atoms with E-state index in [1.807, 2.05) is 43.0 Å². The Kier molecular flexibility index (Phi) is 5.43. The van der Waals surface area contributed by atoms with E-state index in [1.165, 1.54) is 5.57 Å². The molecule has 1 unspecified atom stereocenters. The molecule has 0 saturated heterocycles. The predicted octanol–water partition coefficient (Wildman–Crippen LogP) is 3.36. The molecule has 114 valence electrons. The summed E-state index contributed by atoms with van der Waals surface area (Å²) >= 11 is 5.89. The highest BCUT2D eigenvalue weighted by molar-refractivity contribution is 6.30. The van der Waals surface area contributed by atoms with Gasteiger partial charge in [0.1, 0.15) is 0 Å². The summed E-state index contributed by atoms with van der Waals surface area (Å²) in [5, 5.41) is 10.5. The first-order chi connectivity index (χ1) is 9.97. The Balaban J connectivity index is 1.95. The molecular formula is C17H22ClNO2. The van der Waals surface area contributed by atoms with Gasteiger partial charge in [-0.2, -0.15) is 0 Å². The molecular weight excluding hydrogens is 286 g/mol. The van der Waals surface area contributed by atoms with Crippen LogP contribution in [0.3, 0.4) is 0 Å². The fraction of sp³-hybridized carbons (Fsp3) is 0.471. The highest BCUT2D eigenvalue weighted by Crippen LogP contribution is 2.24. The second kappa shape index (κ2) is 7.10. The molecule has 1 N–H and O–H groups in total. The molecule has 1 atom stereocenters. The minimum atomic E-state index is -0.556. The summed E-state index contributed by atoms with van der Waals surface area (Å²) in [4.78, 5) is 13.9. The summed E-state index contributed by atoms with van der Waals surface area (Å²) in [5.74, 6) is 0.140. The lowest BCUT2D eigenvalue weighted by molar-refractivity contribution is -0.133. The quantitative estimate of drug-likeness (QED) is 0.926. The van der Waals surface area contributed by atoms with Crippen LogP contribution in [-0.2, 0) is 4.79 Å². The first-order valence-electron chi connectivity index (χ1n) is 7.38. The van der Waals surface area contributed by atoms with E-state index in [2.05, 4.69) is 6.08 Å². The maximum atomic E-state index is 12.1. The van der Waals surface area contributed by atoms with Crippen LogP contribution < -0.4 is 0 Å². The molecule has 0 aliphatic carbocycles. The van der Waals surface area contributed by atoms with Crippen molar-refractivity contribution in [3.05, 3.63) is 40.9 Å². The molecule has 1 amide bonds. The SMILES string of the molecule is CC(C)C(O)CC(=O)N1CC=C(c2ccc(Cl)cc2)CC1. The summed E-state index contributed by atoms with van der Waals surface area (Å²) in [7, 11) is 0. The highest BCUT2D eigenvalue weighted by Gasteiger charge is 2.21. The standard InChI is InChI=1S/C17H22ClNO2/c1-12(2)16(20)11-17(21)19-9-7-14(8-10-19)13-3-5-15(18)6-4-13/h3-7,12,16,20H,8-11H2,1-2H3. The number of carbonyl (C=O) groups is 1. The normalized spacial score (nSPS) is 16.8. The molecule has 1 aliphatic heterocycles. The van der Waals surface area contributed by atoms with E-state index < -0.39 is 6.10 Å². The molecule has 1 aromatic carbocycles. The fourth-order valence-electron chi connectivity index (χ4n) is 2.37. The molecule has 21 heavy (non-hydrogen) atoms. The van der Waals surface area contributed by atoms with Gasteiger partial charge in [0.15, 0.2) is 0 Å². The van der Waals surface area contributed by atoms with Crippen molar-refractivity contribution in [3.8, 4) is 0 Å². The molecule has 0 spiro atoms. The van der Waals surface area contributed by atoms with Crippen LogP contribution in [0.5, 0.6) is 0 Å². The molecule has 0 aromatic heterocycles. The lowest BCUT2D eigenvalue weighted by Crippen LogP contribution is -2.37. The van der Waals surface area contributed by atoms with E-state index in [4.69, 9.17) is 11.6 Å². The van der Waals surface area contributed by atoms with E-state index in [0.717, 1.165) is 17.0 Å². The predicted molar refractivity (Wildman–Crippen MR) is 86.1 cm³/mol. The fourth-order valence-corrected chi connectivity index (χ4v) is 2.49. The van der Waals surface area contributed by atoms with Crippen molar-refractivity contribution < 1.29 is 9.90 Å². The van der Waals surface area contributed by atoms with Crippen LogP contribution >= 0.6 is 11.6 Å². The Morgan fingerprint density at radius 2 is 2.00 bits per heavy atom. The van der Waals surface area contributed by atoms with Gasteiger partial charge in [-0.05, 0) is 35.6 Å². The molecule has 2 rings (SSSR count). The van der Waals surface area contributed by atoms with Crippen LogP contribution in [-0.4, -0.2) is 35.1 Å². The van der Waals surface area contributed by atoms with Crippen LogP contribution in [0.25, 0.3) is 5.57 Å². The van der Waals surface area contributed by atoms with E-state index in [1.54, 1.807) is 0 Å². The highest BCUT2D eigenvalue weighted by atomic mass is 35.5. The van der Waals surface area contributed by atoms with Gasteiger partial charge in [-0.1, -0.05) is 43.7 Å². The lowest BCUT2D eigenvalue weighted by Gasteiger charge is -2.28. The van der Waals surface area contributed by atoms with Crippen molar-refractivity contribution in [2.45, 2.75) is 32.8 Å². The second-order valence-electron chi connectivity index (χ2n) is 5.84. The van der Waals surface area contributed by atoms with Gasteiger partial charge in [-0.15, -0.1) is 0 Å². The zero-order valence-electron chi connectivity index (χ0n) is 12.6. The van der Waals surface area contributed by atoms with Gasteiger partial charge >= 0.3 is 0 Å². The molecule has 0 saturated carbocycles. The molecule has 0 bridgehead atoms. The number of nitrogens with zero attached hydrogens (tertiary/aromatic N) is 1. The largest absolute Gasteiger partial charge is 0.392 e. The first-order valence-corrected chi connectivity index (χ1v) is 7.76. The molecule has 1 aromatic rings. The monoisotopic (exact) mass is 307 g/mol. The van der Waals surface area contributed by atoms with Crippen molar-refractivity contribution in [1.29, 1.82) is 0 Å². The topological polar surface area (TPSA) is 40.5 Å². The third-order valence-electron chi connectivity index (χ3n) is 3.93. The number of rotatable bonds is 4. The minimum absolute atomic E-state index is 0.0302. The van der Waals surface area contributed by atoms with Gasteiger partial charge in [-0.3, -0.25) is 4.79 Å². The van der Waals surface area contributed by atoms with Gasteiger partial charge < -0.3 is 10.0 Å². The third-order valence-corrected chi connectivity index (χ3v) is 4.18. The number of benzene rings is 1.